The van der Waals surface area contributed by atoms with Gasteiger partial charge in [0.25, 0.3) is 18.0 Å². The first kappa shape index (κ1) is 19.4. The van der Waals surface area contributed by atoms with Crippen molar-refractivity contribution in [2.45, 2.75) is 26.1 Å². The molecule has 26 heavy (non-hydrogen) atoms. The number of alkyl halides is 1. The minimum Gasteiger partial charge on any atom is -0.497 e. The summed E-state index contributed by atoms with van der Waals surface area (Å²) in [5.41, 5.74) is 2.94. The van der Waals surface area contributed by atoms with Crippen molar-refractivity contribution in [3.05, 3.63) is 65.2 Å². The molecule has 0 saturated carbocycles. The fourth-order valence-corrected chi connectivity index (χ4v) is 2.35. The van der Waals surface area contributed by atoms with Gasteiger partial charge in [-0.25, -0.2) is 4.39 Å². The van der Waals surface area contributed by atoms with Crippen LogP contribution in [0, 0.1) is 6.92 Å². The molecule has 6 heteroatoms. The van der Waals surface area contributed by atoms with Crippen LogP contribution in [-0.2, 0) is 22.6 Å². The lowest BCUT2D eigenvalue weighted by Gasteiger charge is -2.11. The van der Waals surface area contributed by atoms with Gasteiger partial charge in [0.05, 0.1) is 7.11 Å². The summed E-state index contributed by atoms with van der Waals surface area (Å²) in [6, 6.07) is 14.9. The number of rotatable bonds is 8. The predicted molar refractivity (Wildman–Crippen MR) is 97.6 cm³/mol. The Balaban J connectivity index is 1.75. The maximum Gasteiger partial charge on any atom is 0.264 e. The van der Waals surface area contributed by atoms with Crippen LogP contribution in [0.5, 0.6) is 5.75 Å². The largest absolute Gasteiger partial charge is 0.497 e. The van der Waals surface area contributed by atoms with Crippen LogP contribution in [0.1, 0.15) is 16.7 Å². The molecule has 2 rings (SSSR count). The molecule has 5 nitrogen and oxygen atoms in total. The van der Waals surface area contributed by atoms with E-state index in [1.165, 1.54) is 7.11 Å². The molecule has 0 radical (unpaired) electrons. The standard InChI is InChI=1S/C20H23FN2O3/c1-14-6-8-15(9-7-14)10-11-22-19(24)18(21)20(25)23-13-16-4-3-5-17(12-16)26-2/h3-9,12,18H,10-11,13H2,1-2H3,(H,22,24)(H,23,25). The molecule has 2 aromatic carbocycles. The van der Waals surface area contributed by atoms with Crippen LogP contribution in [0.4, 0.5) is 4.39 Å². The second kappa shape index (κ2) is 9.56. The molecule has 2 N–H and O–H groups in total. The fourth-order valence-electron chi connectivity index (χ4n) is 2.35. The Hall–Kier alpha value is -2.89. The number of hydrogen-bond acceptors (Lipinski definition) is 3. The molecular formula is C20H23FN2O3. The molecule has 1 atom stereocenters. The number of halogens is 1. The predicted octanol–water partition coefficient (Wildman–Crippen LogP) is 2.32. The molecule has 138 valence electrons. The Bertz CT molecular complexity index is 747. The summed E-state index contributed by atoms with van der Waals surface area (Å²) in [4.78, 5) is 23.6. The van der Waals surface area contributed by atoms with E-state index in [4.69, 9.17) is 4.74 Å². The van der Waals surface area contributed by atoms with Crippen LogP contribution in [0.25, 0.3) is 0 Å². The molecule has 0 heterocycles. The zero-order valence-electron chi connectivity index (χ0n) is 14.9. The molecule has 0 saturated heterocycles. The van der Waals surface area contributed by atoms with Gasteiger partial charge in [-0.2, -0.15) is 0 Å². The number of methoxy groups -OCH3 is 1. The second-order valence-corrected chi connectivity index (χ2v) is 5.96. The van der Waals surface area contributed by atoms with Crippen LogP contribution < -0.4 is 15.4 Å². The first-order valence-corrected chi connectivity index (χ1v) is 8.37. The van der Waals surface area contributed by atoms with Crippen LogP contribution in [-0.4, -0.2) is 31.6 Å². The number of carbonyl (C=O) groups excluding carboxylic acids is 2. The monoisotopic (exact) mass is 358 g/mol. The Labute approximate surface area is 152 Å². The first-order chi connectivity index (χ1) is 12.5. The van der Waals surface area contributed by atoms with E-state index in [2.05, 4.69) is 10.6 Å². The van der Waals surface area contributed by atoms with Crippen molar-refractivity contribution < 1.29 is 18.7 Å². The summed E-state index contributed by atoms with van der Waals surface area (Å²) < 4.78 is 19.1. The second-order valence-electron chi connectivity index (χ2n) is 5.96. The minimum absolute atomic E-state index is 0.118. The molecule has 0 aliphatic rings. The lowest BCUT2D eigenvalue weighted by molar-refractivity contribution is -0.136. The third-order valence-electron chi connectivity index (χ3n) is 3.89. The van der Waals surface area contributed by atoms with Crippen LogP contribution in [0.15, 0.2) is 48.5 Å². The Morgan fingerprint density at radius 2 is 1.73 bits per heavy atom. The smallest absolute Gasteiger partial charge is 0.264 e. The lowest BCUT2D eigenvalue weighted by Crippen LogP contribution is -2.43. The number of nitrogens with one attached hydrogen (secondary N) is 2. The summed E-state index contributed by atoms with van der Waals surface area (Å²) in [5.74, 6) is -1.25. The van der Waals surface area contributed by atoms with Gasteiger partial charge in [0, 0.05) is 13.1 Å². The number of hydrogen-bond donors (Lipinski definition) is 2. The third-order valence-corrected chi connectivity index (χ3v) is 3.89. The molecular weight excluding hydrogens is 335 g/mol. The maximum atomic E-state index is 14.0. The molecule has 0 aliphatic carbocycles. The third kappa shape index (κ3) is 5.88. The van der Waals surface area contributed by atoms with Crippen molar-refractivity contribution in [2.24, 2.45) is 0 Å². The highest BCUT2D eigenvalue weighted by atomic mass is 19.1. The summed E-state index contributed by atoms with van der Waals surface area (Å²) in [7, 11) is 1.54. The van der Waals surface area contributed by atoms with Gasteiger partial charge in [-0.3, -0.25) is 9.59 Å². The van der Waals surface area contributed by atoms with E-state index in [-0.39, 0.29) is 13.1 Å². The lowest BCUT2D eigenvalue weighted by atomic mass is 10.1. The number of carbonyl (C=O) groups is 2. The number of ether oxygens (including phenoxy) is 1. The minimum atomic E-state index is -2.24. The molecule has 1 unspecified atom stereocenters. The summed E-state index contributed by atoms with van der Waals surface area (Å²) >= 11 is 0. The average Bonchev–Trinajstić information content (AvgIpc) is 2.67. The van der Waals surface area contributed by atoms with Crippen LogP contribution in [0.3, 0.4) is 0 Å². The molecule has 0 spiro atoms. The van der Waals surface area contributed by atoms with Gasteiger partial charge in [0.1, 0.15) is 5.75 Å². The molecule has 0 aliphatic heterocycles. The molecule has 0 aromatic heterocycles. The average molecular weight is 358 g/mol. The SMILES string of the molecule is COc1cccc(CNC(=O)C(F)C(=O)NCCc2ccc(C)cc2)c1. The molecule has 0 fully saturated rings. The van der Waals surface area contributed by atoms with E-state index in [1.807, 2.05) is 31.2 Å². The van der Waals surface area contributed by atoms with E-state index >= 15 is 0 Å². The molecule has 0 bridgehead atoms. The summed E-state index contributed by atoms with van der Waals surface area (Å²) in [5, 5.41) is 4.86. The number of amides is 2. The van der Waals surface area contributed by atoms with E-state index in [0.29, 0.717) is 12.2 Å². The summed E-state index contributed by atoms with van der Waals surface area (Å²) in [6.07, 6.45) is -1.66. The maximum absolute atomic E-state index is 14.0. The van der Waals surface area contributed by atoms with Crippen molar-refractivity contribution in [1.82, 2.24) is 10.6 Å². The quantitative estimate of drug-likeness (QED) is 0.712. The number of aryl methyl sites for hydroxylation is 1. The van der Waals surface area contributed by atoms with Crippen molar-refractivity contribution in [3.63, 3.8) is 0 Å². The zero-order valence-corrected chi connectivity index (χ0v) is 14.9. The van der Waals surface area contributed by atoms with Crippen molar-refractivity contribution >= 4 is 11.8 Å². The molecule has 2 amide bonds. The van der Waals surface area contributed by atoms with Crippen molar-refractivity contribution in [3.8, 4) is 5.75 Å². The van der Waals surface area contributed by atoms with Gasteiger partial charge < -0.3 is 15.4 Å². The van der Waals surface area contributed by atoms with Gasteiger partial charge in [-0.15, -0.1) is 0 Å². The van der Waals surface area contributed by atoms with Crippen LogP contribution in [0.2, 0.25) is 0 Å². The van der Waals surface area contributed by atoms with Crippen molar-refractivity contribution in [2.75, 3.05) is 13.7 Å². The van der Waals surface area contributed by atoms with Crippen molar-refractivity contribution in [1.29, 1.82) is 0 Å². The highest BCUT2D eigenvalue weighted by Gasteiger charge is 2.25. The van der Waals surface area contributed by atoms with Gasteiger partial charge >= 0.3 is 0 Å². The van der Waals surface area contributed by atoms with E-state index in [1.54, 1.807) is 24.3 Å². The first-order valence-electron chi connectivity index (χ1n) is 8.37. The Morgan fingerprint density at radius 1 is 1.04 bits per heavy atom. The fraction of sp³-hybridized carbons (Fsp3) is 0.300. The Morgan fingerprint density at radius 3 is 2.42 bits per heavy atom. The normalized spacial score (nSPS) is 11.5. The van der Waals surface area contributed by atoms with E-state index in [0.717, 1.165) is 16.7 Å². The van der Waals surface area contributed by atoms with E-state index in [9.17, 15) is 14.0 Å². The Kier molecular flexibility index (Phi) is 7.14. The number of benzene rings is 2. The highest BCUT2D eigenvalue weighted by molar-refractivity contribution is 6.03. The van der Waals surface area contributed by atoms with Gasteiger partial charge in [0.2, 0.25) is 0 Å². The topological polar surface area (TPSA) is 67.4 Å². The van der Waals surface area contributed by atoms with Crippen LogP contribution >= 0.6 is 0 Å². The summed E-state index contributed by atoms with van der Waals surface area (Å²) in [6.45, 7) is 2.38. The van der Waals surface area contributed by atoms with Gasteiger partial charge in [-0.1, -0.05) is 42.0 Å². The molecule has 2 aromatic rings. The zero-order chi connectivity index (χ0) is 18.9. The van der Waals surface area contributed by atoms with E-state index < -0.39 is 18.0 Å². The van der Waals surface area contributed by atoms with Gasteiger partial charge in [-0.05, 0) is 36.6 Å². The van der Waals surface area contributed by atoms with Gasteiger partial charge in [0.15, 0.2) is 0 Å². The highest BCUT2D eigenvalue weighted by Crippen LogP contribution is 2.12.